The van der Waals surface area contributed by atoms with Gasteiger partial charge in [-0.05, 0) is 38.3 Å². The largest absolute Gasteiger partial charge is 0.353 e. The van der Waals surface area contributed by atoms with Crippen LogP contribution in [0.25, 0.3) is 0 Å². The maximum absolute atomic E-state index is 12.2. The third-order valence-electron chi connectivity index (χ3n) is 3.81. The van der Waals surface area contributed by atoms with Crippen LogP contribution in [0.1, 0.15) is 31.9 Å². The number of hydrogen-bond acceptors (Lipinski definition) is 3. The fourth-order valence-corrected chi connectivity index (χ4v) is 2.48. The van der Waals surface area contributed by atoms with Crippen molar-refractivity contribution in [3.8, 4) is 0 Å². The predicted octanol–water partition coefficient (Wildman–Crippen LogP) is 2.13. The van der Waals surface area contributed by atoms with Gasteiger partial charge in [-0.25, -0.2) is 0 Å². The molecule has 2 rings (SSSR count). The van der Waals surface area contributed by atoms with E-state index in [4.69, 9.17) is 5.73 Å². The first-order valence-electron chi connectivity index (χ1n) is 7.24. The van der Waals surface area contributed by atoms with E-state index in [0.717, 1.165) is 19.5 Å². The summed E-state index contributed by atoms with van der Waals surface area (Å²) in [5.74, 6) is 0.0582. The third-order valence-corrected chi connectivity index (χ3v) is 3.81. The molecule has 1 aromatic rings. The zero-order valence-electron chi connectivity index (χ0n) is 13.5. The Hall–Kier alpha value is -0.810. The molecule has 6 heteroatoms. The zero-order chi connectivity index (χ0) is 14.8. The molecule has 4 nitrogen and oxygen atoms in total. The molecule has 126 valence electrons. The summed E-state index contributed by atoms with van der Waals surface area (Å²) in [5, 5.41) is 2.94. The smallest absolute Gasteiger partial charge is 0.237 e. The van der Waals surface area contributed by atoms with Crippen LogP contribution >= 0.6 is 24.8 Å². The van der Waals surface area contributed by atoms with Crippen molar-refractivity contribution in [2.75, 3.05) is 13.1 Å². The molecule has 0 fully saturated rings. The molecular weight excluding hydrogens is 321 g/mol. The minimum absolute atomic E-state index is 0. The lowest BCUT2D eigenvalue weighted by atomic mass is 9.98. The van der Waals surface area contributed by atoms with Crippen molar-refractivity contribution in [2.24, 2.45) is 5.73 Å². The van der Waals surface area contributed by atoms with Gasteiger partial charge in [-0.1, -0.05) is 24.3 Å². The first-order valence-corrected chi connectivity index (χ1v) is 7.24. The number of halogens is 2. The van der Waals surface area contributed by atoms with Crippen LogP contribution in [0.4, 0.5) is 0 Å². The van der Waals surface area contributed by atoms with Crippen molar-refractivity contribution in [3.05, 3.63) is 35.4 Å². The van der Waals surface area contributed by atoms with Gasteiger partial charge in [0.1, 0.15) is 0 Å². The fourth-order valence-electron chi connectivity index (χ4n) is 2.48. The molecule has 0 aliphatic carbocycles. The molecule has 0 saturated carbocycles. The lowest BCUT2D eigenvalue weighted by Crippen LogP contribution is -2.51. The highest BCUT2D eigenvalue weighted by molar-refractivity contribution is 5.85. The monoisotopic (exact) mass is 347 g/mol. The van der Waals surface area contributed by atoms with E-state index in [-0.39, 0.29) is 42.3 Å². The van der Waals surface area contributed by atoms with Crippen LogP contribution in [0.3, 0.4) is 0 Å². The fraction of sp³-hybridized carbons (Fsp3) is 0.562. The number of fused-ring (bicyclic) bond motifs is 1. The number of nitrogens with zero attached hydrogens (tertiary/aromatic N) is 1. The van der Waals surface area contributed by atoms with E-state index in [1.54, 1.807) is 0 Å². The number of nitrogens with two attached hydrogens (primary N) is 1. The van der Waals surface area contributed by atoms with Crippen molar-refractivity contribution < 1.29 is 4.79 Å². The standard InChI is InChI=1S/C16H25N3O.2ClH/c1-12(15(20)18-11-16(2,3)17)19-9-8-13-6-4-5-7-14(13)10-19;;/h4-7,12H,8-11,17H2,1-3H3,(H,18,20);2*1H. The summed E-state index contributed by atoms with van der Waals surface area (Å²) in [6.45, 7) is 8.06. The maximum Gasteiger partial charge on any atom is 0.237 e. The summed E-state index contributed by atoms with van der Waals surface area (Å²) in [7, 11) is 0. The Bertz CT molecular complexity index is 489. The van der Waals surface area contributed by atoms with E-state index in [9.17, 15) is 4.79 Å². The average Bonchev–Trinajstić information content (AvgIpc) is 2.42. The summed E-state index contributed by atoms with van der Waals surface area (Å²) >= 11 is 0. The third kappa shape index (κ3) is 5.76. The quantitative estimate of drug-likeness (QED) is 0.876. The van der Waals surface area contributed by atoms with E-state index in [2.05, 4.69) is 34.5 Å². The van der Waals surface area contributed by atoms with Crippen LogP contribution < -0.4 is 11.1 Å². The maximum atomic E-state index is 12.2. The van der Waals surface area contributed by atoms with Gasteiger partial charge in [0.25, 0.3) is 0 Å². The van der Waals surface area contributed by atoms with Gasteiger partial charge in [-0.2, -0.15) is 0 Å². The van der Waals surface area contributed by atoms with Gasteiger partial charge in [0.05, 0.1) is 6.04 Å². The van der Waals surface area contributed by atoms with Gasteiger partial charge in [-0.3, -0.25) is 9.69 Å². The highest BCUT2D eigenvalue weighted by Gasteiger charge is 2.25. The Morgan fingerprint density at radius 3 is 2.50 bits per heavy atom. The molecule has 22 heavy (non-hydrogen) atoms. The van der Waals surface area contributed by atoms with Crippen LogP contribution in [0.5, 0.6) is 0 Å². The van der Waals surface area contributed by atoms with E-state index >= 15 is 0 Å². The highest BCUT2D eigenvalue weighted by atomic mass is 35.5. The molecule has 3 N–H and O–H groups in total. The molecule has 1 amide bonds. The van der Waals surface area contributed by atoms with Crippen LogP contribution in [0.15, 0.2) is 24.3 Å². The van der Waals surface area contributed by atoms with Crippen molar-refractivity contribution in [3.63, 3.8) is 0 Å². The van der Waals surface area contributed by atoms with E-state index < -0.39 is 0 Å². The first-order chi connectivity index (χ1) is 9.37. The van der Waals surface area contributed by atoms with Gasteiger partial charge >= 0.3 is 0 Å². The van der Waals surface area contributed by atoms with Crippen LogP contribution in [0.2, 0.25) is 0 Å². The van der Waals surface area contributed by atoms with Gasteiger partial charge in [0, 0.05) is 25.2 Å². The number of rotatable bonds is 4. The lowest BCUT2D eigenvalue weighted by molar-refractivity contribution is -0.126. The molecule has 0 radical (unpaired) electrons. The normalized spacial score (nSPS) is 15.8. The number of hydrogen-bond donors (Lipinski definition) is 2. The minimum Gasteiger partial charge on any atom is -0.353 e. The highest BCUT2D eigenvalue weighted by Crippen LogP contribution is 2.20. The van der Waals surface area contributed by atoms with Crippen LogP contribution in [0, 0.1) is 0 Å². The molecule has 0 aromatic heterocycles. The minimum atomic E-state index is -0.371. The zero-order valence-corrected chi connectivity index (χ0v) is 15.1. The van der Waals surface area contributed by atoms with Gasteiger partial charge in [-0.15, -0.1) is 24.8 Å². The Kier molecular flexibility index (Phi) is 8.40. The van der Waals surface area contributed by atoms with Gasteiger partial charge in [0.15, 0.2) is 0 Å². The summed E-state index contributed by atoms with van der Waals surface area (Å²) < 4.78 is 0. The van der Waals surface area contributed by atoms with Crippen LogP contribution in [-0.4, -0.2) is 35.5 Å². The molecular formula is C16H27Cl2N3O. The molecule has 1 unspecified atom stereocenters. The van der Waals surface area contributed by atoms with E-state index in [0.29, 0.717) is 6.54 Å². The summed E-state index contributed by atoms with van der Waals surface area (Å²) in [6, 6.07) is 8.34. The molecule has 0 spiro atoms. The average molecular weight is 348 g/mol. The number of amides is 1. The Balaban J connectivity index is 0.00000220. The summed E-state index contributed by atoms with van der Waals surface area (Å²) in [6.07, 6.45) is 1.01. The molecule has 1 aromatic carbocycles. The molecule has 1 aliphatic rings. The van der Waals surface area contributed by atoms with Crippen molar-refractivity contribution in [2.45, 2.75) is 45.3 Å². The lowest BCUT2D eigenvalue weighted by Gasteiger charge is -2.33. The van der Waals surface area contributed by atoms with Gasteiger partial charge in [0.2, 0.25) is 5.91 Å². The summed E-state index contributed by atoms with van der Waals surface area (Å²) in [5.41, 5.74) is 8.26. The first kappa shape index (κ1) is 21.2. The topological polar surface area (TPSA) is 58.4 Å². The predicted molar refractivity (Wildman–Crippen MR) is 95.8 cm³/mol. The van der Waals surface area contributed by atoms with Crippen molar-refractivity contribution in [1.29, 1.82) is 0 Å². The Morgan fingerprint density at radius 2 is 1.91 bits per heavy atom. The SMILES string of the molecule is CC(C(=O)NCC(C)(C)N)N1CCc2ccccc2C1.Cl.Cl. The number of carbonyl (C=O) groups excluding carboxylic acids is 1. The van der Waals surface area contributed by atoms with Crippen LogP contribution in [-0.2, 0) is 17.8 Å². The second-order valence-electron chi connectivity index (χ2n) is 6.37. The van der Waals surface area contributed by atoms with E-state index in [1.165, 1.54) is 11.1 Å². The Labute approximate surface area is 145 Å². The molecule has 0 bridgehead atoms. The molecule has 0 saturated heterocycles. The molecule has 1 heterocycles. The molecule has 1 atom stereocenters. The van der Waals surface area contributed by atoms with Gasteiger partial charge < -0.3 is 11.1 Å². The Morgan fingerprint density at radius 1 is 1.32 bits per heavy atom. The van der Waals surface area contributed by atoms with Crippen molar-refractivity contribution >= 4 is 30.7 Å². The summed E-state index contributed by atoms with van der Waals surface area (Å²) in [4.78, 5) is 14.4. The molecule has 1 aliphatic heterocycles. The second kappa shape index (κ2) is 8.73. The van der Waals surface area contributed by atoms with Crippen molar-refractivity contribution in [1.82, 2.24) is 10.2 Å². The second-order valence-corrected chi connectivity index (χ2v) is 6.37. The van der Waals surface area contributed by atoms with E-state index in [1.807, 2.05) is 20.8 Å². The number of carbonyl (C=O) groups is 1. The number of nitrogens with one attached hydrogen (secondary N) is 1. The number of benzene rings is 1.